The minimum Gasteiger partial charge on any atom is -0.481 e. The van der Waals surface area contributed by atoms with Crippen molar-refractivity contribution in [2.75, 3.05) is 6.54 Å². The van der Waals surface area contributed by atoms with Gasteiger partial charge in [-0.05, 0) is 31.0 Å². The minimum absolute atomic E-state index is 0.333. The van der Waals surface area contributed by atoms with E-state index in [1.807, 2.05) is 4.72 Å². The van der Waals surface area contributed by atoms with E-state index in [9.17, 15) is 22.0 Å². The number of nitrogens with one attached hydrogen (secondary N) is 1. The Morgan fingerprint density at radius 2 is 2.00 bits per heavy atom. The Morgan fingerprint density at radius 1 is 1.37 bits per heavy atom. The monoisotopic (exact) mass is 291 g/mol. The average molecular weight is 291 g/mol. The van der Waals surface area contributed by atoms with E-state index in [1.165, 1.54) is 0 Å². The van der Waals surface area contributed by atoms with Crippen molar-refractivity contribution in [1.29, 1.82) is 0 Å². The zero-order valence-corrected chi connectivity index (χ0v) is 10.5. The van der Waals surface area contributed by atoms with Crippen molar-refractivity contribution in [3.05, 3.63) is 29.8 Å². The molecule has 0 radical (unpaired) electrons. The fourth-order valence-electron chi connectivity index (χ4n) is 1.61. The quantitative estimate of drug-likeness (QED) is 0.851. The second-order valence-corrected chi connectivity index (χ2v) is 6.22. The molecule has 0 unspecified atom stereocenters. The highest BCUT2D eigenvalue weighted by atomic mass is 32.2. The highest BCUT2D eigenvalue weighted by Gasteiger charge is 2.50. The zero-order chi connectivity index (χ0) is 14.3. The summed E-state index contributed by atoms with van der Waals surface area (Å²) in [4.78, 5) is 10.1. The van der Waals surface area contributed by atoms with Crippen LogP contribution in [0.25, 0.3) is 0 Å². The number of aliphatic carboxylic acids is 1. The van der Waals surface area contributed by atoms with Crippen molar-refractivity contribution in [2.24, 2.45) is 5.41 Å². The second-order valence-electron chi connectivity index (χ2n) is 4.48. The van der Waals surface area contributed by atoms with Crippen LogP contribution in [0.15, 0.2) is 23.1 Å². The Hall–Kier alpha value is -1.54. The van der Waals surface area contributed by atoms with Crippen molar-refractivity contribution in [3.63, 3.8) is 0 Å². The van der Waals surface area contributed by atoms with Crippen LogP contribution in [0.2, 0.25) is 0 Å². The summed E-state index contributed by atoms with van der Waals surface area (Å²) in [7, 11) is -4.27. The van der Waals surface area contributed by atoms with Crippen LogP contribution >= 0.6 is 0 Å². The summed E-state index contributed by atoms with van der Waals surface area (Å²) in [6, 6.07) is 2.06. The number of carboxylic acids is 1. The van der Waals surface area contributed by atoms with Crippen LogP contribution in [0.1, 0.15) is 12.8 Å². The number of hydrogen-bond acceptors (Lipinski definition) is 3. The lowest BCUT2D eigenvalue weighted by atomic mass is 10.1. The van der Waals surface area contributed by atoms with Gasteiger partial charge in [0.15, 0.2) is 0 Å². The van der Waals surface area contributed by atoms with E-state index < -0.39 is 37.9 Å². The Bertz CT molecular complexity index is 626. The predicted octanol–water partition coefficient (Wildman–Crippen LogP) is 1.11. The van der Waals surface area contributed by atoms with Gasteiger partial charge < -0.3 is 5.11 Å². The van der Waals surface area contributed by atoms with Crippen molar-refractivity contribution < 1.29 is 27.1 Å². The van der Waals surface area contributed by atoms with Gasteiger partial charge in [0, 0.05) is 6.54 Å². The third-order valence-corrected chi connectivity index (χ3v) is 4.51. The Balaban J connectivity index is 2.19. The van der Waals surface area contributed by atoms with E-state index in [0.29, 0.717) is 25.0 Å². The number of hydrogen-bond donors (Lipinski definition) is 2. The molecule has 0 aromatic heterocycles. The van der Waals surface area contributed by atoms with Gasteiger partial charge in [-0.1, -0.05) is 0 Å². The van der Waals surface area contributed by atoms with Gasteiger partial charge in [0.25, 0.3) is 0 Å². The number of benzene rings is 1. The molecule has 0 atom stereocenters. The van der Waals surface area contributed by atoms with E-state index in [4.69, 9.17) is 5.11 Å². The molecule has 0 saturated heterocycles. The van der Waals surface area contributed by atoms with E-state index in [-0.39, 0.29) is 6.54 Å². The molecule has 5 nitrogen and oxygen atoms in total. The number of carbonyl (C=O) groups is 1. The predicted molar refractivity (Wildman–Crippen MR) is 60.8 cm³/mol. The van der Waals surface area contributed by atoms with Crippen molar-refractivity contribution >= 4 is 16.0 Å². The van der Waals surface area contributed by atoms with E-state index in [2.05, 4.69) is 0 Å². The largest absolute Gasteiger partial charge is 0.481 e. The molecule has 0 heterocycles. The summed E-state index contributed by atoms with van der Waals surface area (Å²) in [6.45, 7) is -0.333. The molecule has 1 fully saturated rings. The van der Waals surface area contributed by atoms with Crippen molar-refractivity contribution in [1.82, 2.24) is 4.72 Å². The molecule has 19 heavy (non-hydrogen) atoms. The molecule has 1 aliphatic rings. The fourth-order valence-corrected chi connectivity index (χ4v) is 2.83. The number of halogens is 2. The van der Waals surface area contributed by atoms with Crippen LogP contribution in [0.4, 0.5) is 8.78 Å². The van der Waals surface area contributed by atoms with Crippen LogP contribution in [-0.2, 0) is 14.8 Å². The molecule has 1 aromatic rings. The first-order chi connectivity index (χ1) is 8.77. The standard InChI is InChI=1S/C11H11F2NO4S/c12-7-1-2-8(13)9(5-7)19(17,18)14-6-11(3-4-11)10(15)16/h1-2,5,14H,3-4,6H2,(H,15,16). The zero-order valence-electron chi connectivity index (χ0n) is 9.69. The van der Waals surface area contributed by atoms with Crippen LogP contribution in [-0.4, -0.2) is 26.0 Å². The maximum atomic E-state index is 13.4. The van der Waals surface area contributed by atoms with E-state index >= 15 is 0 Å². The van der Waals surface area contributed by atoms with Crippen molar-refractivity contribution in [3.8, 4) is 0 Å². The molecule has 2 N–H and O–H groups in total. The Kier molecular flexibility index (Phi) is 3.31. The van der Waals surface area contributed by atoms with Gasteiger partial charge in [-0.25, -0.2) is 21.9 Å². The van der Waals surface area contributed by atoms with Crippen LogP contribution < -0.4 is 4.72 Å². The van der Waals surface area contributed by atoms with Gasteiger partial charge in [0.05, 0.1) is 5.41 Å². The topological polar surface area (TPSA) is 83.5 Å². The molecule has 2 rings (SSSR count). The lowest BCUT2D eigenvalue weighted by Crippen LogP contribution is -2.34. The first-order valence-electron chi connectivity index (χ1n) is 5.45. The number of sulfonamides is 1. The molecule has 0 spiro atoms. The molecule has 1 saturated carbocycles. The smallest absolute Gasteiger partial charge is 0.310 e. The Labute approximate surface area is 108 Å². The van der Waals surface area contributed by atoms with Crippen LogP contribution in [0.5, 0.6) is 0 Å². The minimum atomic E-state index is -4.27. The molecule has 0 amide bonds. The lowest BCUT2D eigenvalue weighted by Gasteiger charge is -2.12. The first kappa shape index (κ1) is 13.9. The molecule has 8 heteroatoms. The molecule has 1 aromatic carbocycles. The summed E-state index contributed by atoms with van der Waals surface area (Å²) in [5.74, 6) is -3.08. The molecule has 0 bridgehead atoms. The molecule has 0 aliphatic heterocycles. The van der Waals surface area contributed by atoms with Gasteiger partial charge >= 0.3 is 5.97 Å². The normalized spacial score (nSPS) is 17.2. The van der Waals surface area contributed by atoms with Gasteiger partial charge in [0.2, 0.25) is 10.0 Å². The summed E-state index contributed by atoms with van der Waals surface area (Å²) in [5, 5.41) is 8.90. The summed E-state index contributed by atoms with van der Waals surface area (Å²) >= 11 is 0. The van der Waals surface area contributed by atoms with Gasteiger partial charge in [-0.3, -0.25) is 4.79 Å². The fraction of sp³-hybridized carbons (Fsp3) is 0.364. The maximum absolute atomic E-state index is 13.4. The molecule has 104 valence electrons. The third kappa shape index (κ3) is 2.74. The number of carboxylic acid groups (broad SMARTS) is 1. The summed E-state index contributed by atoms with van der Waals surface area (Å²) in [6.07, 6.45) is 0.715. The molecular formula is C11H11F2NO4S. The number of rotatable bonds is 5. The van der Waals surface area contributed by atoms with Gasteiger partial charge in [-0.2, -0.15) is 0 Å². The second kappa shape index (κ2) is 4.53. The highest BCUT2D eigenvalue weighted by molar-refractivity contribution is 7.89. The summed E-state index contributed by atoms with van der Waals surface area (Å²) < 4.78 is 51.9. The van der Waals surface area contributed by atoms with Crippen LogP contribution in [0, 0.1) is 17.0 Å². The SMILES string of the molecule is O=C(O)C1(CNS(=O)(=O)c2cc(F)ccc2F)CC1. The average Bonchev–Trinajstić information content (AvgIpc) is 3.11. The lowest BCUT2D eigenvalue weighted by molar-refractivity contribution is -0.143. The summed E-state index contributed by atoms with van der Waals surface area (Å²) in [5.41, 5.74) is -1.11. The molecular weight excluding hydrogens is 280 g/mol. The highest BCUT2D eigenvalue weighted by Crippen LogP contribution is 2.45. The van der Waals surface area contributed by atoms with Gasteiger partial charge in [-0.15, -0.1) is 0 Å². The molecule has 1 aliphatic carbocycles. The van der Waals surface area contributed by atoms with E-state index in [0.717, 1.165) is 6.07 Å². The van der Waals surface area contributed by atoms with E-state index in [1.54, 1.807) is 0 Å². The van der Waals surface area contributed by atoms with Gasteiger partial charge in [0.1, 0.15) is 16.5 Å². The maximum Gasteiger partial charge on any atom is 0.310 e. The van der Waals surface area contributed by atoms with Crippen molar-refractivity contribution in [2.45, 2.75) is 17.7 Å². The first-order valence-corrected chi connectivity index (χ1v) is 6.93. The Morgan fingerprint density at radius 3 is 2.53 bits per heavy atom. The van der Waals surface area contributed by atoms with Crippen LogP contribution in [0.3, 0.4) is 0 Å². The third-order valence-electron chi connectivity index (χ3n) is 3.09.